The normalized spacial score (nSPS) is 11.0. The van der Waals surface area contributed by atoms with Gasteiger partial charge in [0.15, 0.2) is 11.5 Å². The molecule has 6 rings (SSSR count). The summed E-state index contributed by atoms with van der Waals surface area (Å²) < 4.78 is 27.3. The quantitative estimate of drug-likeness (QED) is 0.329. The van der Waals surface area contributed by atoms with Gasteiger partial charge in [-0.2, -0.15) is 0 Å². The lowest BCUT2D eigenvalue weighted by molar-refractivity contribution is 0.419. The second-order valence-corrected chi connectivity index (χ2v) is 7.33. The molecule has 0 fully saturated rings. The second kappa shape index (κ2) is 8.23. The molecule has 8 heteroatoms. The number of hydrogen-bond acceptors (Lipinski definition) is 8. The Morgan fingerprint density at radius 1 is 0.727 bits per heavy atom. The van der Waals surface area contributed by atoms with Crippen LogP contribution in [0.5, 0.6) is 11.5 Å². The van der Waals surface area contributed by atoms with E-state index in [1.165, 1.54) is 0 Å². The number of phenolic OH excluding ortho intramolecular Hbond substituents is 1. The summed E-state index contributed by atoms with van der Waals surface area (Å²) in [4.78, 5) is 8.20. The van der Waals surface area contributed by atoms with E-state index in [4.69, 9.17) is 22.4 Å². The zero-order valence-electron chi connectivity index (χ0n) is 18.2. The molecule has 8 nitrogen and oxygen atoms in total. The molecule has 0 radical (unpaired) electrons. The maximum atomic E-state index is 9.63. The highest BCUT2D eigenvalue weighted by Crippen LogP contribution is 2.33. The number of aromatic nitrogens is 2. The standard InChI is InChI=1S/C13H11NO3.C12H9NO3/c1-8-7-14-13(16-8)12-6-9-10(15-2)4-3-5-11(9)17-12;1-7-6-13-12(15-7)11-5-8-9(14)3-2-4-10(8)16-11/h3-7H,1-2H3;2-6,14H,1H3. The van der Waals surface area contributed by atoms with E-state index in [1.54, 1.807) is 43.8 Å². The van der Waals surface area contributed by atoms with E-state index in [9.17, 15) is 5.11 Å². The summed E-state index contributed by atoms with van der Waals surface area (Å²) in [7, 11) is 1.64. The molecule has 166 valence electrons. The van der Waals surface area contributed by atoms with E-state index in [1.807, 2.05) is 38.1 Å². The third-order valence-corrected chi connectivity index (χ3v) is 4.94. The average molecular weight is 444 g/mol. The molecular weight excluding hydrogens is 424 g/mol. The van der Waals surface area contributed by atoms with Crippen molar-refractivity contribution in [1.82, 2.24) is 9.97 Å². The maximum absolute atomic E-state index is 9.63. The third-order valence-electron chi connectivity index (χ3n) is 4.94. The minimum Gasteiger partial charge on any atom is -0.507 e. The lowest BCUT2D eigenvalue weighted by Gasteiger charge is -1.98. The Hall–Kier alpha value is -4.46. The fraction of sp³-hybridized carbons (Fsp3) is 0.120. The molecule has 0 aliphatic rings. The number of ether oxygens (including phenoxy) is 1. The highest BCUT2D eigenvalue weighted by Gasteiger charge is 2.14. The summed E-state index contributed by atoms with van der Waals surface area (Å²) in [5, 5.41) is 11.2. The van der Waals surface area contributed by atoms with Crippen molar-refractivity contribution in [2.75, 3.05) is 7.11 Å². The van der Waals surface area contributed by atoms with Gasteiger partial charge in [0.25, 0.3) is 11.8 Å². The molecule has 0 unspecified atom stereocenters. The fourth-order valence-corrected chi connectivity index (χ4v) is 3.41. The van der Waals surface area contributed by atoms with Crippen molar-refractivity contribution in [2.24, 2.45) is 0 Å². The van der Waals surface area contributed by atoms with E-state index in [2.05, 4.69) is 9.97 Å². The number of fused-ring (bicyclic) bond motifs is 2. The van der Waals surface area contributed by atoms with Crippen LogP contribution < -0.4 is 4.74 Å². The molecule has 33 heavy (non-hydrogen) atoms. The first-order valence-corrected chi connectivity index (χ1v) is 10.2. The Bertz CT molecular complexity index is 1550. The fourth-order valence-electron chi connectivity index (χ4n) is 3.41. The summed E-state index contributed by atoms with van der Waals surface area (Å²) in [6, 6.07) is 14.4. The van der Waals surface area contributed by atoms with Gasteiger partial charge in [-0.1, -0.05) is 12.1 Å². The summed E-state index contributed by atoms with van der Waals surface area (Å²) in [5.74, 6) is 4.49. The SMILES string of the molecule is COc1cccc2oc(-c3ncc(C)o3)cc12.Cc1cnc(-c2cc3c(O)cccc3o2)o1. The van der Waals surface area contributed by atoms with Crippen molar-refractivity contribution < 1.29 is 27.5 Å². The van der Waals surface area contributed by atoms with Crippen LogP contribution in [-0.2, 0) is 0 Å². The van der Waals surface area contributed by atoms with Crippen molar-refractivity contribution in [3.63, 3.8) is 0 Å². The number of rotatable bonds is 3. The largest absolute Gasteiger partial charge is 0.507 e. The second-order valence-electron chi connectivity index (χ2n) is 7.33. The average Bonchev–Trinajstić information content (AvgIpc) is 3.59. The van der Waals surface area contributed by atoms with Crippen LogP contribution in [0, 0.1) is 13.8 Å². The molecule has 4 heterocycles. The molecule has 0 amide bonds. The molecule has 0 saturated heterocycles. The van der Waals surface area contributed by atoms with E-state index in [0.717, 1.165) is 28.2 Å². The van der Waals surface area contributed by atoms with Crippen molar-refractivity contribution in [1.29, 1.82) is 0 Å². The topological polar surface area (TPSA) is 108 Å². The van der Waals surface area contributed by atoms with Gasteiger partial charge < -0.3 is 27.5 Å². The number of furan rings is 2. The third kappa shape index (κ3) is 3.94. The molecular formula is C25H20N2O6. The molecule has 0 bridgehead atoms. The number of hydrogen-bond donors (Lipinski definition) is 1. The van der Waals surface area contributed by atoms with Gasteiger partial charge in [0.05, 0.1) is 30.3 Å². The van der Waals surface area contributed by atoms with Crippen molar-refractivity contribution in [2.45, 2.75) is 13.8 Å². The molecule has 0 atom stereocenters. The smallest absolute Gasteiger partial charge is 0.263 e. The lowest BCUT2D eigenvalue weighted by Crippen LogP contribution is -1.81. The van der Waals surface area contributed by atoms with Gasteiger partial charge in [-0.3, -0.25) is 0 Å². The number of benzene rings is 2. The van der Waals surface area contributed by atoms with Crippen molar-refractivity contribution >= 4 is 21.9 Å². The molecule has 2 aromatic carbocycles. The van der Waals surface area contributed by atoms with E-state index in [-0.39, 0.29) is 5.75 Å². The summed E-state index contributed by atoms with van der Waals surface area (Å²) >= 11 is 0. The minimum absolute atomic E-state index is 0.191. The Morgan fingerprint density at radius 3 is 1.79 bits per heavy atom. The van der Waals surface area contributed by atoms with Crippen LogP contribution in [0.4, 0.5) is 0 Å². The van der Waals surface area contributed by atoms with Gasteiger partial charge in [-0.25, -0.2) is 9.97 Å². The Morgan fingerprint density at radius 2 is 1.27 bits per heavy atom. The predicted molar refractivity (Wildman–Crippen MR) is 121 cm³/mol. The zero-order chi connectivity index (χ0) is 22.9. The van der Waals surface area contributed by atoms with Gasteiger partial charge >= 0.3 is 0 Å². The Balaban J connectivity index is 0.000000139. The Labute approximate surface area is 188 Å². The molecule has 1 N–H and O–H groups in total. The molecule has 6 aromatic rings. The minimum atomic E-state index is 0.191. The number of phenols is 1. The van der Waals surface area contributed by atoms with E-state index >= 15 is 0 Å². The first-order valence-electron chi connectivity index (χ1n) is 10.2. The molecule has 0 aliphatic heterocycles. The Kier molecular flexibility index (Phi) is 5.10. The van der Waals surface area contributed by atoms with Crippen LogP contribution in [0.2, 0.25) is 0 Å². The number of aromatic hydroxyl groups is 1. The first-order chi connectivity index (χ1) is 16.0. The van der Waals surface area contributed by atoms with E-state index in [0.29, 0.717) is 34.3 Å². The number of nitrogens with zero attached hydrogens (tertiary/aromatic N) is 2. The number of aryl methyl sites for hydroxylation is 2. The van der Waals surface area contributed by atoms with Gasteiger partial charge in [0.1, 0.15) is 34.2 Å². The molecule has 0 spiro atoms. The first kappa shape index (κ1) is 20.4. The zero-order valence-corrected chi connectivity index (χ0v) is 18.2. The van der Waals surface area contributed by atoms with Crippen LogP contribution in [-0.4, -0.2) is 22.2 Å². The van der Waals surface area contributed by atoms with Crippen molar-refractivity contribution in [3.05, 3.63) is 72.4 Å². The highest BCUT2D eigenvalue weighted by molar-refractivity contribution is 5.88. The summed E-state index contributed by atoms with van der Waals surface area (Å²) in [5.41, 5.74) is 1.38. The van der Waals surface area contributed by atoms with Crippen LogP contribution >= 0.6 is 0 Å². The summed E-state index contributed by atoms with van der Waals surface area (Å²) in [6.07, 6.45) is 3.29. The summed E-state index contributed by atoms with van der Waals surface area (Å²) in [6.45, 7) is 3.66. The van der Waals surface area contributed by atoms with E-state index < -0.39 is 0 Å². The van der Waals surface area contributed by atoms with Crippen molar-refractivity contribution in [3.8, 4) is 34.8 Å². The number of oxazole rings is 2. The highest BCUT2D eigenvalue weighted by atomic mass is 16.5. The van der Waals surface area contributed by atoms with Gasteiger partial charge in [0, 0.05) is 12.1 Å². The predicted octanol–water partition coefficient (Wildman–Crippen LogP) is 6.51. The number of methoxy groups -OCH3 is 1. The van der Waals surface area contributed by atoms with Gasteiger partial charge in [0.2, 0.25) is 0 Å². The van der Waals surface area contributed by atoms with Crippen LogP contribution in [0.25, 0.3) is 45.2 Å². The maximum Gasteiger partial charge on any atom is 0.263 e. The van der Waals surface area contributed by atoms with Crippen LogP contribution in [0.3, 0.4) is 0 Å². The van der Waals surface area contributed by atoms with Gasteiger partial charge in [-0.15, -0.1) is 0 Å². The monoisotopic (exact) mass is 444 g/mol. The van der Waals surface area contributed by atoms with Crippen LogP contribution in [0.15, 0.2) is 78.6 Å². The molecule has 0 aliphatic carbocycles. The lowest BCUT2D eigenvalue weighted by atomic mass is 10.2. The van der Waals surface area contributed by atoms with Crippen LogP contribution in [0.1, 0.15) is 11.5 Å². The molecule has 0 saturated carbocycles. The molecule has 4 aromatic heterocycles. The van der Waals surface area contributed by atoms with Gasteiger partial charge in [-0.05, 0) is 38.1 Å².